The van der Waals surface area contributed by atoms with E-state index >= 15 is 0 Å². The molecule has 0 aromatic carbocycles. The van der Waals surface area contributed by atoms with Gasteiger partial charge in [-0.1, -0.05) is 18.2 Å². The van der Waals surface area contributed by atoms with Crippen molar-refractivity contribution >= 4 is 0 Å². The maximum atomic E-state index is 5.31. The average Bonchev–Trinajstić information content (AvgIpc) is 2.07. The fourth-order valence-electron chi connectivity index (χ4n) is 1.30. The molecule has 0 aromatic heterocycles. The van der Waals surface area contributed by atoms with Crippen molar-refractivity contribution in [1.29, 1.82) is 0 Å². The average molecular weight is 152 g/mol. The van der Waals surface area contributed by atoms with Crippen LogP contribution in [0.4, 0.5) is 0 Å². The van der Waals surface area contributed by atoms with E-state index in [1.807, 2.05) is 13.0 Å². The first-order valence-corrected chi connectivity index (χ1v) is 4.31. The summed E-state index contributed by atoms with van der Waals surface area (Å²) in [6.45, 7) is 2.86. The van der Waals surface area contributed by atoms with Gasteiger partial charge in [0, 0.05) is 0 Å². The third-order valence-electron chi connectivity index (χ3n) is 1.94. The van der Waals surface area contributed by atoms with Gasteiger partial charge in [0.15, 0.2) is 0 Å². The lowest BCUT2D eigenvalue weighted by atomic mass is 9.95. The normalized spacial score (nSPS) is 24.3. The van der Waals surface area contributed by atoms with Crippen LogP contribution in [0.2, 0.25) is 0 Å². The van der Waals surface area contributed by atoms with Crippen molar-refractivity contribution in [2.45, 2.75) is 26.2 Å². The van der Waals surface area contributed by atoms with E-state index < -0.39 is 0 Å². The largest absolute Gasteiger partial charge is 0.501 e. The fraction of sp³-hybridized carbons (Fsp3) is 0.600. The number of hydrogen-bond acceptors (Lipinski definition) is 1. The van der Waals surface area contributed by atoms with Gasteiger partial charge in [0.2, 0.25) is 0 Å². The third kappa shape index (κ3) is 3.26. The smallest absolute Gasteiger partial charge is 0.0904 e. The van der Waals surface area contributed by atoms with Gasteiger partial charge in [0.25, 0.3) is 0 Å². The molecule has 0 radical (unpaired) electrons. The summed E-state index contributed by atoms with van der Waals surface area (Å²) in [7, 11) is 0. The summed E-state index contributed by atoms with van der Waals surface area (Å²) >= 11 is 0. The Morgan fingerprint density at radius 2 is 2.45 bits per heavy atom. The number of hydrogen-bond donors (Lipinski definition) is 0. The molecule has 0 amide bonds. The van der Waals surface area contributed by atoms with Crippen molar-refractivity contribution in [3.8, 4) is 0 Å². The molecular weight excluding hydrogens is 136 g/mol. The minimum atomic E-state index is 0.746. The summed E-state index contributed by atoms with van der Waals surface area (Å²) in [4.78, 5) is 0. The van der Waals surface area contributed by atoms with Gasteiger partial charge < -0.3 is 4.74 Å². The van der Waals surface area contributed by atoms with E-state index in [4.69, 9.17) is 4.74 Å². The fourth-order valence-corrected chi connectivity index (χ4v) is 1.30. The van der Waals surface area contributed by atoms with Crippen LogP contribution in [-0.4, -0.2) is 6.61 Å². The molecule has 0 saturated heterocycles. The monoisotopic (exact) mass is 152 g/mol. The lowest BCUT2D eigenvalue weighted by Crippen LogP contribution is -2.08. The maximum Gasteiger partial charge on any atom is 0.0904 e. The highest BCUT2D eigenvalue weighted by Gasteiger charge is 2.08. The predicted octanol–water partition coefficient (Wildman–Crippen LogP) is 2.89. The van der Waals surface area contributed by atoms with Crippen LogP contribution in [0.1, 0.15) is 26.2 Å². The van der Waals surface area contributed by atoms with E-state index in [0.29, 0.717) is 0 Å². The SMILES string of the molecule is C/C=C/OCC1CC=CCC1. The predicted molar refractivity (Wildman–Crippen MR) is 47.2 cm³/mol. The van der Waals surface area contributed by atoms with Crippen molar-refractivity contribution in [3.63, 3.8) is 0 Å². The summed E-state index contributed by atoms with van der Waals surface area (Å²) in [6.07, 6.45) is 11.9. The lowest BCUT2D eigenvalue weighted by Gasteiger charge is -2.16. The molecule has 1 aliphatic rings. The Bertz CT molecular complexity index is 147. The van der Waals surface area contributed by atoms with Crippen LogP contribution in [0.15, 0.2) is 24.5 Å². The Morgan fingerprint density at radius 3 is 3.09 bits per heavy atom. The van der Waals surface area contributed by atoms with Gasteiger partial charge in [-0.25, -0.2) is 0 Å². The van der Waals surface area contributed by atoms with Crippen LogP contribution in [-0.2, 0) is 4.74 Å². The highest BCUT2D eigenvalue weighted by atomic mass is 16.5. The van der Waals surface area contributed by atoms with E-state index in [1.54, 1.807) is 6.26 Å². The van der Waals surface area contributed by atoms with Gasteiger partial charge in [-0.15, -0.1) is 0 Å². The molecule has 1 rings (SSSR count). The molecular formula is C10H16O. The van der Waals surface area contributed by atoms with Gasteiger partial charge in [-0.2, -0.15) is 0 Å². The highest BCUT2D eigenvalue weighted by molar-refractivity contribution is 4.90. The van der Waals surface area contributed by atoms with Crippen LogP contribution in [0.5, 0.6) is 0 Å². The quantitative estimate of drug-likeness (QED) is 0.446. The van der Waals surface area contributed by atoms with Crippen molar-refractivity contribution in [2.75, 3.05) is 6.61 Å². The summed E-state index contributed by atoms with van der Waals surface area (Å²) < 4.78 is 5.31. The molecule has 1 heteroatoms. The van der Waals surface area contributed by atoms with Crippen LogP contribution in [0, 0.1) is 5.92 Å². The number of allylic oxidation sites excluding steroid dienone is 3. The van der Waals surface area contributed by atoms with E-state index in [0.717, 1.165) is 12.5 Å². The van der Waals surface area contributed by atoms with Crippen LogP contribution in [0.25, 0.3) is 0 Å². The molecule has 0 spiro atoms. The zero-order chi connectivity index (χ0) is 7.94. The number of ether oxygens (including phenoxy) is 1. The summed E-state index contributed by atoms with van der Waals surface area (Å²) in [5.74, 6) is 0.746. The molecule has 0 aromatic rings. The summed E-state index contributed by atoms with van der Waals surface area (Å²) in [5.41, 5.74) is 0. The Labute approximate surface area is 68.8 Å². The third-order valence-corrected chi connectivity index (χ3v) is 1.94. The van der Waals surface area contributed by atoms with Crippen LogP contribution < -0.4 is 0 Å². The molecule has 0 bridgehead atoms. The molecule has 0 fully saturated rings. The first kappa shape index (κ1) is 8.38. The van der Waals surface area contributed by atoms with Gasteiger partial charge in [-0.3, -0.25) is 0 Å². The molecule has 0 N–H and O–H groups in total. The second kappa shape index (κ2) is 5.00. The zero-order valence-electron chi connectivity index (χ0n) is 7.12. The second-order valence-corrected chi connectivity index (χ2v) is 2.95. The minimum absolute atomic E-state index is 0.746. The molecule has 0 heterocycles. The summed E-state index contributed by atoms with van der Waals surface area (Å²) in [6, 6.07) is 0. The second-order valence-electron chi connectivity index (χ2n) is 2.95. The Morgan fingerprint density at radius 1 is 1.55 bits per heavy atom. The highest BCUT2D eigenvalue weighted by Crippen LogP contribution is 2.17. The Balaban J connectivity index is 2.11. The van der Waals surface area contributed by atoms with Crippen LogP contribution >= 0.6 is 0 Å². The first-order chi connectivity index (χ1) is 5.43. The Hall–Kier alpha value is -0.720. The molecule has 1 atom stereocenters. The van der Waals surface area contributed by atoms with E-state index in [1.165, 1.54) is 19.3 Å². The lowest BCUT2D eigenvalue weighted by molar-refractivity contribution is 0.187. The van der Waals surface area contributed by atoms with Crippen molar-refractivity contribution in [3.05, 3.63) is 24.5 Å². The summed E-state index contributed by atoms with van der Waals surface area (Å²) in [5, 5.41) is 0. The molecule has 1 nitrogen and oxygen atoms in total. The zero-order valence-corrected chi connectivity index (χ0v) is 7.12. The standard InChI is InChI=1S/C10H16O/c1-2-8-11-9-10-6-4-3-5-7-10/h2-4,8,10H,5-7,9H2,1H3/b8-2+. The molecule has 0 saturated carbocycles. The van der Waals surface area contributed by atoms with Gasteiger partial charge >= 0.3 is 0 Å². The molecule has 1 aliphatic carbocycles. The molecule has 0 aliphatic heterocycles. The van der Waals surface area contributed by atoms with Crippen molar-refractivity contribution < 1.29 is 4.74 Å². The van der Waals surface area contributed by atoms with Gasteiger partial charge in [-0.05, 0) is 32.1 Å². The van der Waals surface area contributed by atoms with Crippen molar-refractivity contribution in [1.82, 2.24) is 0 Å². The van der Waals surface area contributed by atoms with E-state index in [-0.39, 0.29) is 0 Å². The van der Waals surface area contributed by atoms with E-state index in [9.17, 15) is 0 Å². The van der Waals surface area contributed by atoms with Crippen LogP contribution in [0.3, 0.4) is 0 Å². The topological polar surface area (TPSA) is 9.23 Å². The number of rotatable bonds is 3. The van der Waals surface area contributed by atoms with E-state index in [2.05, 4.69) is 12.2 Å². The van der Waals surface area contributed by atoms with Gasteiger partial charge in [0.1, 0.15) is 0 Å². The first-order valence-electron chi connectivity index (χ1n) is 4.31. The molecule has 62 valence electrons. The molecule has 11 heavy (non-hydrogen) atoms. The molecule has 1 unspecified atom stereocenters. The van der Waals surface area contributed by atoms with Crippen molar-refractivity contribution in [2.24, 2.45) is 5.92 Å². The maximum absolute atomic E-state index is 5.31. The van der Waals surface area contributed by atoms with Gasteiger partial charge in [0.05, 0.1) is 12.9 Å². The minimum Gasteiger partial charge on any atom is -0.501 e. The Kier molecular flexibility index (Phi) is 3.81.